The second-order valence-electron chi connectivity index (χ2n) is 2.07. The number of hydrogen-bond donors (Lipinski definition) is 2. The smallest absolute Gasteiger partial charge is 0.0639 e. The van der Waals surface area contributed by atoms with E-state index in [2.05, 4.69) is 0 Å². The molecule has 0 bridgehead atoms. The Morgan fingerprint density at radius 2 is 2.11 bits per heavy atom. The maximum atomic E-state index is 8.50. The maximum Gasteiger partial charge on any atom is 0.0639 e. The molecular weight excluding hydrogens is 116 g/mol. The molecule has 0 aromatic rings. The Morgan fingerprint density at radius 3 is 2.56 bits per heavy atom. The monoisotopic (exact) mass is 130 g/mol. The Labute approximate surface area is 55.8 Å². The summed E-state index contributed by atoms with van der Waals surface area (Å²) in [6.45, 7) is 2.23. The van der Waals surface area contributed by atoms with E-state index in [-0.39, 0.29) is 13.2 Å². The van der Waals surface area contributed by atoms with Crippen LogP contribution in [0.25, 0.3) is 0 Å². The molecule has 0 spiro atoms. The summed E-state index contributed by atoms with van der Waals surface area (Å²) in [5, 5.41) is 16.9. The number of hydrogen-bond acceptors (Lipinski definition) is 2. The van der Waals surface area contributed by atoms with Crippen LogP contribution in [0.4, 0.5) is 0 Å². The van der Waals surface area contributed by atoms with Gasteiger partial charge >= 0.3 is 0 Å². The van der Waals surface area contributed by atoms with Gasteiger partial charge in [-0.1, -0.05) is 11.6 Å². The molecule has 0 aromatic heterocycles. The molecule has 0 aliphatic carbocycles. The van der Waals surface area contributed by atoms with Crippen molar-refractivity contribution in [3.63, 3.8) is 0 Å². The molecule has 0 aliphatic heterocycles. The molecule has 2 N–H and O–H groups in total. The minimum Gasteiger partial charge on any atom is -0.396 e. The van der Waals surface area contributed by atoms with Crippen LogP contribution in [0.2, 0.25) is 0 Å². The van der Waals surface area contributed by atoms with Gasteiger partial charge in [0.2, 0.25) is 0 Å². The average Bonchev–Trinajstić information content (AvgIpc) is 1.89. The molecule has 2 heteroatoms. The summed E-state index contributed by atoms with van der Waals surface area (Å²) in [4.78, 5) is 0. The molecule has 9 heavy (non-hydrogen) atoms. The molecule has 54 valence electrons. The molecule has 0 amide bonds. The number of aliphatic hydroxyl groups is 2. The van der Waals surface area contributed by atoms with Crippen molar-refractivity contribution >= 4 is 0 Å². The predicted octanol–water partition coefficient (Wildman–Crippen LogP) is 0.698. The van der Waals surface area contributed by atoms with E-state index in [1.54, 1.807) is 0 Å². The molecule has 0 aliphatic rings. The highest BCUT2D eigenvalue weighted by Gasteiger charge is 1.83. The lowest BCUT2D eigenvalue weighted by atomic mass is 10.2. The van der Waals surface area contributed by atoms with Gasteiger partial charge in [-0.15, -0.1) is 0 Å². The molecule has 2 nitrogen and oxygen atoms in total. The maximum absolute atomic E-state index is 8.50. The first-order chi connectivity index (χ1) is 4.31. The minimum atomic E-state index is 0.130. The predicted molar refractivity (Wildman–Crippen MR) is 37.2 cm³/mol. The molecule has 0 saturated carbocycles. The van der Waals surface area contributed by atoms with E-state index < -0.39 is 0 Å². The largest absolute Gasteiger partial charge is 0.396 e. The van der Waals surface area contributed by atoms with Gasteiger partial charge in [0.25, 0.3) is 0 Å². The van der Waals surface area contributed by atoms with Gasteiger partial charge in [-0.2, -0.15) is 0 Å². The van der Waals surface area contributed by atoms with Gasteiger partial charge < -0.3 is 10.2 Å². The third-order valence-corrected chi connectivity index (χ3v) is 1.10. The fraction of sp³-hybridized carbons (Fsp3) is 0.714. The SMILES string of the molecule is C/C(=C\CCCO)CO. The zero-order valence-corrected chi connectivity index (χ0v) is 5.80. The molecule has 0 rings (SSSR count). The van der Waals surface area contributed by atoms with Crippen molar-refractivity contribution in [3.05, 3.63) is 11.6 Å². The number of unbranched alkanes of at least 4 members (excludes halogenated alkanes) is 1. The zero-order chi connectivity index (χ0) is 7.11. The lowest BCUT2D eigenvalue weighted by Crippen LogP contribution is -1.85. The highest BCUT2D eigenvalue weighted by molar-refractivity contribution is 4.96. The fourth-order valence-electron chi connectivity index (χ4n) is 0.504. The molecular formula is C7H14O2. The Hall–Kier alpha value is -0.340. The topological polar surface area (TPSA) is 40.5 Å². The summed E-state index contributed by atoms with van der Waals surface area (Å²) >= 11 is 0. The molecule has 0 aromatic carbocycles. The van der Waals surface area contributed by atoms with Crippen LogP contribution in [0.1, 0.15) is 19.8 Å². The molecule has 0 atom stereocenters. The van der Waals surface area contributed by atoms with Crippen LogP contribution in [-0.4, -0.2) is 23.4 Å². The Morgan fingerprint density at radius 1 is 1.44 bits per heavy atom. The molecule has 0 unspecified atom stereocenters. The summed E-state index contributed by atoms with van der Waals surface area (Å²) in [5.41, 5.74) is 0.975. The third kappa shape index (κ3) is 5.53. The standard InChI is InChI=1S/C7H14O2/c1-7(6-9)4-2-3-5-8/h4,8-9H,2-3,5-6H2,1H3/b7-4+. The van der Waals surface area contributed by atoms with Crippen LogP contribution in [0.5, 0.6) is 0 Å². The lowest BCUT2D eigenvalue weighted by Gasteiger charge is -1.92. The Kier molecular flexibility index (Phi) is 5.57. The van der Waals surface area contributed by atoms with Gasteiger partial charge in [0, 0.05) is 6.61 Å². The van der Waals surface area contributed by atoms with Crippen LogP contribution in [-0.2, 0) is 0 Å². The van der Waals surface area contributed by atoms with Crippen molar-refractivity contribution in [1.82, 2.24) is 0 Å². The van der Waals surface area contributed by atoms with Crippen LogP contribution < -0.4 is 0 Å². The first kappa shape index (κ1) is 8.66. The number of aliphatic hydroxyl groups excluding tert-OH is 2. The van der Waals surface area contributed by atoms with Gasteiger partial charge in [-0.3, -0.25) is 0 Å². The van der Waals surface area contributed by atoms with E-state index in [9.17, 15) is 0 Å². The van der Waals surface area contributed by atoms with E-state index in [4.69, 9.17) is 10.2 Å². The van der Waals surface area contributed by atoms with E-state index in [0.717, 1.165) is 18.4 Å². The molecule has 0 fully saturated rings. The second kappa shape index (κ2) is 5.79. The van der Waals surface area contributed by atoms with Gasteiger partial charge in [-0.05, 0) is 19.8 Å². The normalized spacial score (nSPS) is 12.1. The zero-order valence-electron chi connectivity index (χ0n) is 5.80. The highest BCUT2D eigenvalue weighted by atomic mass is 16.3. The van der Waals surface area contributed by atoms with Gasteiger partial charge in [0.05, 0.1) is 6.61 Å². The van der Waals surface area contributed by atoms with Crippen molar-refractivity contribution < 1.29 is 10.2 Å². The van der Waals surface area contributed by atoms with Crippen molar-refractivity contribution in [2.45, 2.75) is 19.8 Å². The van der Waals surface area contributed by atoms with Crippen LogP contribution in [0, 0.1) is 0 Å². The van der Waals surface area contributed by atoms with Gasteiger partial charge in [0.1, 0.15) is 0 Å². The van der Waals surface area contributed by atoms with Crippen LogP contribution in [0.15, 0.2) is 11.6 Å². The van der Waals surface area contributed by atoms with E-state index in [1.807, 2.05) is 13.0 Å². The second-order valence-corrected chi connectivity index (χ2v) is 2.07. The number of rotatable bonds is 4. The first-order valence-corrected chi connectivity index (χ1v) is 3.18. The van der Waals surface area contributed by atoms with E-state index in [0.29, 0.717) is 0 Å². The summed E-state index contributed by atoms with van der Waals surface area (Å²) in [7, 11) is 0. The van der Waals surface area contributed by atoms with Gasteiger partial charge in [-0.25, -0.2) is 0 Å². The minimum absolute atomic E-state index is 0.130. The van der Waals surface area contributed by atoms with Crippen molar-refractivity contribution in [2.24, 2.45) is 0 Å². The first-order valence-electron chi connectivity index (χ1n) is 3.18. The van der Waals surface area contributed by atoms with Crippen LogP contribution in [0.3, 0.4) is 0 Å². The average molecular weight is 130 g/mol. The van der Waals surface area contributed by atoms with Gasteiger partial charge in [0.15, 0.2) is 0 Å². The molecule has 0 heterocycles. The van der Waals surface area contributed by atoms with Crippen molar-refractivity contribution in [3.8, 4) is 0 Å². The lowest BCUT2D eigenvalue weighted by molar-refractivity contribution is 0.289. The Balaban J connectivity index is 3.21. The molecule has 0 saturated heterocycles. The summed E-state index contributed by atoms with van der Waals surface area (Å²) in [5.74, 6) is 0. The van der Waals surface area contributed by atoms with Crippen molar-refractivity contribution in [1.29, 1.82) is 0 Å². The van der Waals surface area contributed by atoms with Crippen LogP contribution >= 0.6 is 0 Å². The van der Waals surface area contributed by atoms with Crippen molar-refractivity contribution in [2.75, 3.05) is 13.2 Å². The summed E-state index contributed by atoms with van der Waals surface area (Å²) in [6.07, 6.45) is 3.59. The third-order valence-electron chi connectivity index (χ3n) is 1.10. The molecule has 0 radical (unpaired) electrons. The number of allylic oxidation sites excluding steroid dienone is 1. The summed E-state index contributed by atoms with van der Waals surface area (Å²) in [6, 6.07) is 0. The van der Waals surface area contributed by atoms with E-state index >= 15 is 0 Å². The summed E-state index contributed by atoms with van der Waals surface area (Å²) < 4.78 is 0. The quantitative estimate of drug-likeness (QED) is 0.434. The highest BCUT2D eigenvalue weighted by Crippen LogP contribution is 1.95. The Bertz CT molecular complexity index is 86.9. The van der Waals surface area contributed by atoms with E-state index in [1.165, 1.54) is 0 Å². The fourth-order valence-corrected chi connectivity index (χ4v) is 0.504.